The minimum absolute atomic E-state index is 0.0608. The van der Waals surface area contributed by atoms with Gasteiger partial charge < -0.3 is 9.64 Å². The Morgan fingerprint density at radius 3 is 2.63 bits per heavy atom. The minimum atomic E-state index is -4.75. The summed E-state index contributed by atoms with van der Waals surface area (Å²) >= 11 is 6.98. The first-order valence-electron chi connectivity index (χ1n) is 8.67. The van der Waals surface area contributed by atoms with Gasteiger partial charge in [-0.3, -0.25) is 14.9 Å². The standard InChI is InChI=1S/C18H16ClFN2O6S2/c19-13-2-4-15(5-3-13)29-17-9-12(1-6-16(17)22(24)25)18(23)21-7-8-28-14(10-21)11-30(20,26)27/h1-6,9,14H,7-8,10-11H2. The van der Waals surface area contributed by atoms with Crippen LogP contribution in [0.5, 0.6) is 0 Å². The Kier molecular flexibility index (Phi) is 6.96. The molecule has 8 nitrogen and oxygen atoms in total. The summed E-state index contributed by atoms with van der Waals surface area (Å²) in [5.41, 5.74) is 0.0377. The van der Waals surface area contributed by atoms with Gasteiger partial charge in [0.25, 0.3) is 11.6 Å². The molecule has 0 bridgehead atoms. The van der Waals surface area contributed by atoms with Crippen molar-refractivity contribution in [1.29, 1.82) is 0 Å². The summed E-state index contributed by atoms with van der Waals surface area (Å²) in [4.78, 5) is 26.0. The zero-order valence-electron chi connectivity index (χ0n) is 15.4. The highest BCUT2D eigenvalue weighted by atomic mass is 35.5. The number of amides is 1. The molecule has 0 aromatic heterocycles. The van der Waals surface area contributed by atoms with Crippen molar-refractivity contribution < 1.29 is 26.8 Å². The lowest BCUT2D eigenvalue weighted by atomic mass is 10.1. The SMILES string of the molecule is O=C(c1ccc([N+](=O)[O-])c(Sc2ccc(Cl)cc2)c1)N1CCOC(CS(=O)(=O)F)C1. The second-order valence-electron chi connectivity index (χ2n) is 6.45. The summed E-state index contributed by atoms with van der Waals surface area (Å²) in [6, 6.07) is 10.7. The zero-order valence-corrected chi connectivity index (χ0v) is 17.8. The lowest BCUT2D eigenvalue weighted by Gasteiger charge is -2.32. The second-order valence-corrected chi connectivity index (χ2v) is 9.41. The van der Waals surface area contributed by atoms with Crippen LogP contribution in [-0.4, -0.2) is 55.7 Å². The first-order valence-corrected chi connectivity index (χ1v) is 11.4. The average Bonchev–Trinajstić information content (AvgIpc) is 2.68. The maximum absolute atomic E-state index is 12.9. The highest BCUT2D eigenvalue weighted by Gasteiger charge is 2.29. The predicted octanol–water partition coefficient (Wildman–Crippen LogP) is 3.54. The summed E-state index contributed by atoms with van der Waals surface area (Å²) in [5, 5.41) is 11.9. The van der Waals surface area contributed by atoms with Gasteiger partial charge in [-0.25, -0.2) is 0 Å². The van der Waals surface area contributed by atoms with Crippen LogP contribution in [-0.2, 0) is 15.0 Å². The van der Waals surface area contributed by atoms with Gasteiger partial charge in [-0.15, -0.1) is 3.89 Å². The largest absolute Gasteiger partial charge is 0.373 e. The Labute approximate surface area is 181 Å². The number of carbonyl (C=O) groups is 1. The molecule has 2 aromatic rings. The van der Waals surface area contributed by atoms with Crippen molar-refractivity contribution >= 4 is 45.2 Å². The molecule has 2 aromatic carbocycles. The van der Waals surface area contributed by atoms with Crippen molar-refractivity contribution in [2.24, 2.45) is 0 Å². The van der Waals surface area contributed by atoms with Crippen molar-refractivity contribution in [3.05, 3.63) is 63.2 Å². The van der Waals surface area contributed by atoms with E-state index in [1.165, 1.54) is 23.1 Å². The average molecular weight is 475 g/mol. The van der Waals surface area contributed by atoms with Crippen LogP contribution in [0, 0.1) is 10.1 Å². The number of nitrogens with zero attached hydrogens (tertiary/aromatic N) is 2. The molecule has 1 atom stereocenters. The lowest BCUT2D eigenvalue weighted by molar-refractivity contribution is -0.387. The van der Waals surface area contributed by atoms with E-state index in [-0.39, 0.29) is 35.8 Å². The third-order valence-electron chi connectivity index (χ3n) is 4.26. The van der Waals surface area contributed by atoms with Crippen LogP contribution >= 0.6 is 23.4 Å². The maximum atomic E-state index is 12.9. The molecular weight excluding hydrogens is 459 g/mol. The number of nitro groups is 1. The summed E-state index contributed by atoms with van der Waals surface area (Å²) in [6.07, 6.45) is -0.973. The van der Waals surface area contributed by atoms with E-state index in [0.29, 0.717) is 9.92 Å². The number of morpholine rings is 1. The Morgan fingerprint density at radius 2 is 2.00 bits per heavy atom. The maximum Gasteiger partial charge on any atom is 0.305 e. The molecule has 160 valence electrons. The molecule has 30 heavy (non-hydrogen) atoms. The number of benzene rings is 2. The Balaban J connectivity index is 1.83. The fourth-order valence-electron chi connectivity index (χ4n) is 2.92. The van der Waals surface area contributed by atoms with Crippen LogP contribution in [0.4, 0.5) is 9.57 Å². The number of hydrogen-bond acceptors (Lipinski definition) is 7. The molecule has 0 saturated carbocycles. The van der Waals surface area contributed by atoms with E-state index in [0.717, 1.165) is 11.8 Å². The van der Waals surface area contributed by atoms with Crippen LogP contribution in [0.25, 0.3) is 0 Å². The van der Waals surface area contributed by atoms with Crippen LogP contribution < -0.4 is 0 Å². The van der Waals surface area contributed by atoms with E-state index < -0.39 is 32.9 Å². The minimum Gasteiger partial charge on any atom is -0.373 e. The van der Waals surface area contributed by atoms with Gasteiger partial charge in [-0.2, -0.15) is 8.42 Å². The molecule has 12 heteroatoms. The van der Waals surface area contributed by atoms with Crippen LogP contribution in [0.3, 0.4) is 0 Å². The van der Waals surface area contributed by atoms with Crippen molar-refractivity contribution in [2.75, 3.05) is 25.4 Å². The predicted molar refractivity (Wildman–Crippen MR) is 109 cm³/mol. The van der Waals surface area contributed by atoms with Crippen molar-refractivity contribution in [1.82, 2.24) is 4.90 Å². The van der Waals surface area contributed by atoms with Gasteiger partial charge in [0.05, 0.1) is 22.5 Å². The van der Waals surface area contributed by atoms with Gasteiger partial charge in [0.15, 0.2) is 0 Å². The molecule has 1 unspecified atom stereocenters. The number of halogens is 2. The molecule has 1 fully saturated rings. The van der Waals surface area contributed by atoms with E-state index in [1.807, 2.05) is 0 Å². The molecular formula is C18H16ClFN2O6S2. The highest BCUT2D eigenvalue weighted by molar-refractivity contribution is 7.99. The van der Waals surface area contributed by atoms with Crippen molar-refractivity contribution in [3.8, 4) is 0 Å². The van der Waals surface area contributed by atoms with Crippen molar-refractivity contribution in [3.63, 3.8) is 0 Å². The monoisotopic (exact) mass is 474 g/mol. The Bertz CT molecular complexity index is 1060. The number of rotatable bonds is 6. The third-order valence-corrected chi connectivity index (χ3v) is 6.33. The van der Waals surface area contributed by atoms with Gasteiger partial charge >= 0.3 is 10.2 Å². The third kappa shape index (κ3) is 5.91. The molecule has 3 rings (SSSR count). The molecule has 1 aliphatic heterocycles. The molecule has 0 radical (unpaired) electrons. The fraction of sp³-hybridized carbons (Fsp3) is 0.278. The molecule has 1 saturated heterocycles. The quantitative estimate of drug-likeness (QED) is 0.358. The molecule has 0 spiro atoms. The smallest absolute Gasteiger partial charge is 0.305 e. The van der Waals surface area contributed by atoms with Crippen LogP contribution in [0.15, 0.2) is 52.3 Å². The number of ether oxygens (including phenoxy) is 1. The second kappa shape index (κ2) is 9.29. The molecule has 1 heterocycles. The normalized spacial score (nSPS) is 17.0. The van der Waals surface area contributed by atoms with E-state index in [9.17, 15) is 27.2 Å². The summed E-state index contributed by atoms with van der Waals surface area (Å²) < 4.78 is 39.9. The molecule has 1 aliphatic rings. The summed E-state index contributed by atoms with van der Waals surface area (Å²) in [6.45, 7) is 0.155. The summed E-state index contributed by atoms with van der Waals surface area (Å²) in [5.74, 6) is -1.29. The number of hydrogen-bond donors (Lipinski definition) is 0. The van der Waals surface area contributed by atoms with E-state index in [2.05, 4.69) is 0 Å². The van der Waals surface area contributed by atoms with E-state index >= 15 is 0 Å². The van der Waals surface area contributed by atoms with Crippen molar-refractivity contribution in [2.45, 2.75) is 15.9 Å². The first-order chi connectivity index (χ1) is 14.1. The molecule has 0 aliphatic carbocycles. The topological polar surface area (TPSA) is 107 Å². The number of nitro benzene ring substituents is 1. The Morgan fingerprint density at radius 1 is 1.30 bits per heavy atom. The first kappa shape index (κ1) is 22.5. The zero-order chi connectivity index (χ0) is 21.9. The lowest BCUT2D eigenvalue weighted by Crippen LogP contribution is -2.47. The molecule has 1 amide bonds. The van der Waals surface area contributed by atoms with Crippen LogP contribution in [0.2, 0.25) is 5.02 Å². The van der Waals surface area contributed by atoms with Crippen LogP contribution in [0.1, 0.15) is 10.4 Å². The van der Waals surface area contributed by atoms with Gasteiger partial charge in [0, 0.05) is 34.6 Å². The Hall–Kier alpha value is -2.21. The van der Waals surface area contributed by atoms with Gasteiger partial charge in [0.1, 0.15) is 5.75 Å². The fourth-order valence-corrected chi connectivity index (χ4v) is 4.65. The summed E-state index contributed by atoms with van der Waals surface area (Å²) in [7, 11) is -4.75. The van der Waals surface area contributed by atoms with Gasteiger partial charge in [0.2, 0.25) is 0 Å². The highest BCUT2D eigenvalue weighted by Crippen LogP contribution is 2.36. The van der Waals surface area contributed by atoms with Gasteiger partial charge in [-0.1, -0.05) is 23.4 Å². The van der Waals surface area contributed by atoms with E-state index in [4.69, 9.17) is 16.3 Å². The number of carbonyl (C=O) groups excluding carboxylic acids is 1. The van der Waals surface area contributed by atoms with E-state index in [1.54, 1.807) is 24.3 Å². The van der Waals surface area contributed by atoms with Gasteiger partial charge in [-0.05, 0) is 36.4 Å². The molecule has 0 N–H and O–H groups in total.